The molecule has 0 aliphatic heterocycles. The van der Waals surface area contributed by atoms with Crippen LogP contribution in [0.4, 0.5) is 11.4 Å². The van der Waals surface area contributed by atoms with Gasteiger partial charge in [0.15, 0.2) is 0 Å². The van der Waals surface area contributed by atoms with Gasteiger partial charge in [-0.05, 0) is 48.7 Å². The van der Waals surface area contributed by atoms with Crippen molar-refractivity contribution in [3.05, 3.63) is 72.2 Å². The predicted octanol–water partition coefficient (Wildman–Crippen LogP) is 5.23. The van der Waals surface area contributed by atoms with Crippen molar-refractivity contribution in [3.63, 3.8) is 0 Å². The van der Waals surface area contributed by atoms with E-state index < -0.39 is 0 Å². The third kappa shape index (κ3) is 2.74. The second-order valence-electron chi connectivity index (χ2n) is 6.44. The van der Waals surface area contributed by atoms with Gasteiger partial charge in [-0.15, -0.1) is 11.3 Å². The smallest absolute Gasteiger partial charge is 0.0873 e. The maximum atomic E-state index is 9.13. The van der Waals surface area contributed by atoms with E-state index in [1.165, 1.54) is 5.56 Å². The first-order valence-electron chi connectivity index (χ1n) is 8.72. The average Bonchev–Trinajstić information content (AvgIpc) is 3.30. The Morgan fingerprint density at radius 1 is 1.07 bits per heavy atom. The van der Waals surface area contributed by atoms with Gasteiger partial charge in [0.1, 0.15) is 0 Å². The van der Waals surface area contributed by atoms with Crippen molar-refractivity contribution in [2.75, 3.05) is 5.32 Å². The SMILES string of the molecule is O/N=C1\CCc2cc(Nc3c(-c4ccccn4)sc4cnccc34)ccc21. The molecule has 3 heterocycles. The molecule has 0 radical (unpaired) electrons. The average molecular weight is 372 g/mol. The monoisotopic (exact) mass is 372 g/mol. The molecule has 0 spiro atoms. The van der Waals surface area contributed by atoms with Crippen LogP contribution in [-0.4, -0.2) is 20.9 Å². The lowest BCUT2D eigenvalue weighted by Gasteiger charge is -2.10. The van der Waals surface area contributed by atoms with Crippen molar-refractivity contribution in [2.45, 2.75) is 12.8 Å². The Morgan fingerprint density at radius 2 is 2.04 bits per heavy atom. The molecule has 0 fully saturated rings. The maximum absolute atomic E-state index is 9.13. The number of thiophene rings is 1. The molecular formula is C21H16N4OS. The number of hydrogen-bond donors (Lipinski definition) is 2. The van der Waals surface area contributed by atoms with E-state index in [-0.39, 0.29) is 0 Å². The Balaban J connectivity index is 1.61. The molecule has 2 N–H and O–H groups in total. The molecule has 6 heteroatoms. The summed E-state index contributed by atoms with van der Waals surface area (Å²) < 4.78 is 1.12. The first kappa shape index (κ1) is 16.0. The summed E-state index contributed by atoms with van der Waals surface area (Å²) in [5, 5.41) is 17.3. The minimum atomic E-state index is 0.762. The van der Waals surface area contributed by atoms with Crippen LogP contribution in [0.15, 0.2) is 66.2 Å². The summed E-state index contributed by atoms with van der Waals surface area (Å²) in [7, 11) is 0. The van der Waals surface area contributed by atoms with Crippen LogP contribution in [-0.2, 0) is 6.42 Å². The number of aryl methyl sites for hydroxylation is 1. The minimum absolute atomic E-state index is 0.762. The zero-order chi connectivity index (χ0) is 18.2. The molecule has 0 saturated heterocycles. The summed E-state index contributed by atoms with van der Waals surface area (Å²) >= 11 is 1.69. The summed E-state index contributed by atoms with van der Waals surface area (Å²) in [6.07, 6.45) is 7.19. The number of pyridine rings is 2. The fourth-order valence-corrected chi connectivity index (χ4v) is 4.65. The van der Waals surface area contributed by atoms with Gasteiger partial charge in [-0.1, -0.05) is 17.3 Å². The van der Waals surface area contributed by atoms with Crippen molar-refractivity contribution >= 4 is 38.5 Å². The number of aromatic nitrogens is 2. The number of nitrogens with one attached hydrogen (secondary N) is 1. The van der Waals surface area contributed by atoms with Crippen LogP contribution < -0.4 is 5.32 Å². The molecule has 0 unspecified atom stereocenters. The van der Waals surface area contributed by atoms with E-state index in [0.717, 1.165) is 56.1 Å². The largest absolute Gasteiger partial charge is 0.411 e. The van der Waals surface area contributed by atoms with E-state index in [1.807, 2.05) is 55.0 Å². The molecule has 0 amide bonds. The first-order chi connectivity index (χ1) is 13.3. The third-order valence-electron chi connectivity index (χ3n) is 4.83. The molecule has 1 aromatic carbocycles. The third-order valence-corrected chi connectivity index (χ3v) is 5.99. The van der Waals surface area contributed by atoms with E-state index in [2.05, 4.69) is 26.5 Å². The highest BCUT2D eigenvalue weighted by Gasteiger charge is 2.20. The molecule has 0 saturated carbocycles. The van der Waals surface area contributed by atoms with Crippen LogP contribution in [0.3, 0.4) is 0 Å². The van der Waals surface area contributed by atoms with E-state index in [4.69, 9.17) is 5.21 Å². The molecular weight excluding hydrogens is 356 g/mol. The summed E-state index contributed by atoms with van der Waals surface area (Å²) in [6, 6.07) is 14.2. The normalized spacial score (nSPS) is 14.6. The van der Waals surface area contributed by atoms with Crippen LogP contribution in [0, 0.1) is 0 Å². The Hall–Kier alpha value is -3.25. The fourth-order valence-electron chi connectivity index (χ4n) is 3.55. The molecule has 132 valence electrons. The molecule has 0 bridgehead atoms. The fraction of sp³-hybridized carbons (Fsp3) is 0.0952. The van der Waals surface area contributed by atoms with Crippen molar-refractivity contribution in [2.24, 2.45) is 5.16 Å². The van der Waals surface area contributed by atoms with Gasteiger partial charge in [0.25, 0.3) is 0 Å². The van der Waals surface area contributed by atoms with Crippen molar-refractivity contribution in [3.8, 4) is 10.6 Å². The number of fused-ring (bicyclic) bond motifs is 2. The van der Waals surface area contributed by atoms with Gasteiger partial charge >= 0.3 is 0 Å². The molecule has 3 aromatic heterocycles. The Bertz CT molecular complexity index is 1170. The zero-order valence-electron chi connectivity index (χ0n) is 14.4. The standard InChI is InChI=1S/C21H16N4OS/c26-25-17-7-4-13-11-14(5-6-15(13)17)24-20-16-8-10-22-12-19(16)27-21(20)18-3-1-2-9-23-18/h1-3,5-6,8-12,24,26H,4,7H2/b25-17+. The Labute approximate surface area is 160 Å². The lowest BCUT2D eigenvalue weighted by molar-refractivity contribution is 0.318. The molecule has 27 heavy (non-hydrogen) atoms. The maximum Gasteiger partial charge on any atom is 0.0873 e. The van der Waals surface area contributed by atoms with E-state index in [0.29, 0.717) is 0 Å². The van der Waals surface area contributed by atoms with Gasteiger partial charge < -0.3 is 10.5 Å². The minimum Gasteiger partial charge on any atom is -0.411 e. The van der Waals surface area contributed by atoms with Crippen LogP contribution >= 0.6 is 11.3 Å². The highest BCUT2D eigenvalue weighted by Crippen LogP contribution is 2.43. The second-order valence-corrected chi connectivity index (χ2v) is 7.49. The highest BCUT2D eigenvalue weighted by atomic mass is 32.1. The van der Waals surface area contributed by atoms with E-state index in [9.17, 15) is 0 Å². The molecule has 0 atom stereocenters. The van der Waals surface area contributed by atoms with Gasteiger partial charge in [-0.2, -0.15) is 0 Å². The number of oxime groups is 1. The topological polar surface area (TPSA) is 70.4 Å². The van der Waals surface area contributed by atoms with Gasteiger partial charge in [0.05, 0.1) is 26.7 Å². The van der Waals surface area contributed by atoms with Crippen molar-refractivity contribution in [1.82, 2.24) is 9.97 Å². The number of nitrogens with zero attached hydrogens (tertiary/aromatic N) is 3. The predicted molar refractivity (Wildman–Crippen MR) is 109 cm³/mol. The van der Waals surface area contributed by atoms with Gasteiger partial charge in [0.2, 0.25) is 0 Å². The number of hydrogen-bond acceptors (Lipinski definition) is 6. The Kier molecular flexibility index (Phi) is 3.83. The first-order valence-corrected chi connectivity index (χ1v) is 9.54. The van der Waals surface area contributed by atoms with Crippen LogP contribution in [0.2, 0.25) is 0 Å². The van der Waals surface area contributed by atoms with Gasteiger partial charge in [-0.25, -0.2) is 0 Å². The van der Waals surface area contributed by atoms with Gasteiger partial charge in [0, 0.05) is 35.2 Å². The lowest BCUT2D eigenvalue weighted by Crippen LogP contribution is -1.96. The second kappa shape index (κ2) is 6.48. The van der Waals surface area contributed by atoms with Crippen LogP contribution in [0.1, 0.15) is 17.5 Å². The van der Waals surface area contributed by atoms with Crippen LogP contribution in [0.5, 0.6) is 0 Å². The molecule has 4 aromatic rings. The van der Waals surface area contributed by atoms with E-state index in [1.54, 1.807) is 11.3 Å². The van der Waals surface area contributed by atoms with Gasteiger partial charge in [-0.3, -0.25) is 9.97 Å². The number of benzene rings is 1. The summed E-state index contributed by atoms with van der Waals surface area (Å²) in [6.45, 7) is 0. The van der Waals surface area contributed by atoms with E-state index >= 15 is 0 Å². The summed E-state index contributed by atoms with van der Waals surface area (Å²) in [5.74, 6) is 0. The highest BCUT2D eigenvalue weighted by molar-refractivity contribution is 7.23. The quantitative estimate of drug-likeness (QED) is 0.382. The molecule has 5 nitrogen and oxygen atoms in total. The summed E-state index contributed by atoms with van der Waals surface area (Å²) in [4.78, 5) is 9.88. The summed E-state index contributed by atoms with van der Waals surface area (Å²) in [5.41, 5.74) is 6.00. The lowest BCUT2D eigenvalue weighted by atomic mass is 10.1. The molecule has 5 rings (SSSR count). The van der Waals surface area contributed by atoms with Crippen molar-refractivity contribution in [1.29, 1.82) is 0 Å². The zero-order valence-corrected chi connectivity index (χ0v) is 15.2. The van der Waals surface area contributed by atoms with Crippen molar-refractivity contribution < 1.29 is 5.21 Å². The molecule has 1 aliphatic rings. The number of anilines is 2. The van der Waals surface area contributed by atoms with Crippen LogP contribution in [0.25, 0.3) is 20.7 Å². The Morgan fingerprint density at radius 3 is 2.89 bits per heavy atom. The molecule has 1 aliphatic carbocycles. The number of rotatable bonds is 3.